The predicted octanol–water partition coefficient (Wildman–Crippen LogP) is 0.398. The molecule has 3 heteroatoms. The first-order valence-corrected chi connectivity index (χ1v) is 2.59. The third-order valence-corrected chi connectivity index (χ3v) is 0.937. The van der Waals surface area contributed by atoms with E-state index in [1.54, 1.807) is 6.92 Å². The second-order valence-corrected chi connectivity index (χ2v) is 1.96. The topological polar surface area (TPSA) is 57.5 Å². The van der Waals surface area contributed by atoms with Crippen LogP contribution in [-0.2, 0) is 4.79 Å². The molecule has 0 aromatic carbocycles. The molecule has 52 valence electrons. The summed E-state index contributed by atoms with van der Waals surface area (Å²) in [5.41, 5.74) is 0.484. The van der Waals surface area contributed by atoms with Crippen molar-refractivity contribution in [3.63, 3.8) is 0 Å². The molecule has 0 aliphatic heterocycles. The highest BCUT2D eigenvalue weighted by Crippen LogP contribution is 2.01. The van der Waals surface area contributed by atoms with E-state index in [9.17, 15) is 4.79 Å². The zero-order valence-electron chi connectivity index (χ0n) is 5.29. The Kier molecular flexibility index (Phi) is 2.95. The Morgan fingerprint density at radius 3 is 2.33 bits per heavy atom. The molecule has 2 N–H and O–H groups in total. The number of carboxylic acids is 1. The van der Waals surface area contributed by atoms with Crippen molar-refractivity contribution in [1.29, 1.82) is 0 Å². The van der Waals surface area contributed by atoms with Crippen molar-refractivity contribution < 1.29 is 15.0 Å². The Hall–Kier alpha value is -0.830. The van der Waals surface area contributed by atoms with Crippen LogP contribution in [-0.4, -0.2) is 22.3 Å². The molecule has 0 aliphatic carbocycles. The minimum absolute atomic E-state index is 0.255. The molecule has 1 atom stereocenters. The summed E-state index contributed by atoms with van der Waals surface area (Å²) >= 11 is 0. The van der Waals surface area contributed by atoms with Crippen LogP contribution in [0.25, 0.3) is 0 Å². The van der Waals surface area contributed by atoms with E-state index in [1.165, 1.54) is 0 Å². The van der Waals surface area contributed by atoms with Gasteiger partial charge in [-0.05, 0) is 6.92 Å². The lowest BCUT2D eigenvalue weighted by atomic mass is 10.1. The van der Waals surface area contributed by atoms with Crippen LogP contribution in [0.3, 0.4) is 0 Å². The van der Waals surface area contributed by atoms with Crippen molar-refractivity contribution in [1.82, 2.24) is 0 Å². The number of aliphatic hydroxyl groups is 1. The van der Waals surface area contributed by atoms with Crippen molar-refractivity contribution in [3.05, 3.63) is 12.2 Å². The molecule has 0 rings (SSSR count). The van der Waals surface area contributed by atoms with Gasteiger partial charge in [0.25, 0.3) is 0 Å². The van der Waals surface area contributed by atoms with Gasteiger partial charge in [0.05, 0.1) is 12.5 Å². The highest BCUT2D eigenvalue weighted by atomic mass is 16.4. The van der Waals surface area contributed by atoms with Gasteiger partial charge in [-0.15, -0.1) is 0 Å². The summed E-state index contributed by atoms with van der Waals surface area (Å²) in [5.74, 6) is -1.01. The van der Waals surface area contributed by atoms with Crippen molar-refractivity contribution in [3.8, 4) is 0 Å². The van der Waals surface area contributed by atoms with Crippen LogP contribution in [0.4, 0.5) is 0 Å². The van der Waals surface area contributed by atoms with Crippen molar-refractivity contribution >= 4 is 5.97 Å². The second-order valence-electron chi connectivity index (χ2n) is 1.96. The lowest BCUT2D eigenvalue weighted by Crippen LogP contribution is -2.12. The highest BCUT2D eigenvalue weighted by Gasteiger charge is 2.08. The van der Waals surface area contributed by atoms with Gasteiger partial charge < -0.3 is 10.2 Å². The van der Waals surface area contributed by atoms with Gasteiger partial charge in [0.15, 0.2) is 0 Å². The zero-order valence-corrected chi connectivity index (χ0v) is 5.29. The fourth-order valence-electron chi connectivity index (χ4n) is 0.340. The summed E-state index contributed by atoms with van der Waals surface area (Å²) in [6.45, 7) is 4.99. The highest BCUT2D eigenvalue weighted by molar-refractivity contribution is 5.67. The van der Waals surface area contributed by atoms with Crippen LogP contribution in [0.5, 0.6) is 0 Å². The van der Waals surface area contributed by atoms with E-state index < -0.39 is 12.1 Å². The molecule has 0 aromatic rings. The number of aliphatic carboxylic acids is 1. The fourth-order valence-corrected chi connectivity index (χ4v) is 0.340. The van der Waals surface area contributed by atoms with Crippen LogP contribution >= 0.6 is 0 Å². The van der Waals surface area contributed by atoms with Crippen LogP contribution in [0.1, 0.15) is 13.3 Å². The minimum Gasteiger partial charge on any atom is -0.481 e. The monoisotopic (exact) mass is 130 g/mol. The number of rotatable bonds is 3. The van der Waals surface area contributed by atoms with E-state index in [0.29, 0.717) is 5.57 Å². The zero-order chi connectivity index (χ0) is 7.44. The normalized spacial score (nSPS) is 12.7. The van der Waals surface area contributed by atoms with E-state index in [-0.39, 0.29) is 6.42 Å². The lowest BCUT2D eigenvalue weighted by molar-refractivity contribution is -0.138. The Morgan fingerprint density at radius 1 is 1.78 bits per heavy atom. The molecule has 0 bridgehead atoms. The quantitative estimate of drug-likeness (QED) is 0.543. The molecule has 3 nitrogen and oxygen atoms in total. The van der Waals surface area contributed by atoms with Gasteiger partial charge in [-0.1, -0.05) is 12.2 Å². The van der Waals surface area contributed by atoms with Gasteiger partial charge in [0.1, 0.15) is 0 Å². The molecular formula is C6H10O3. The maximum atomic E-state index is 9.91. The first-order chi connectivity index (χ1) is 4.04. The van der Waals surface area contributed by atoms with Crippen LogP contribution in [0.2, 0.25) is 0 Å². The Morgan fingerprint density at radius 2 is 2.22 bits per heavy atom. The summed E-state index contributed by atoms with van der Waals surface area (Å²) in [5, 5.41) is 16.9. The van der Waals surface area contributed by atoms with Gasteiger partial charge in [-0.3, -0.25) is 4.79 Å². The Balaban J connectivity index is 3.63. The predicted molar refractivity (Wildman–Crippen MR) is 33.1 cm³/mol. The lowest BCUT2D eigenvalue weighted by Gasteiger charge is -2.04. The van der Waals surface area contributed by atoms with Crippen LogP contribution in [0.15, 0.2) is 12.2 Å². The van der Waals surface area contributed by atoms with Gasteiger partial charge in [-0.2, -0.15) is 0 Å². The van der Waals surface area contributed by atoms with Crippen LogP contribution < -0.4 is 0 Å². The van der Waals surface area contributed by atoms with Crippen molar-refractivity contribution in [2.24, 2.45) is 0 Å². The summed E-state index contributed by atoms with van der Waals surface area (Å²) < 4.78 is 0. The largest absolute Gasteiger partial charge is 0.481 e. The van der Waals surface area contributed by atoms with E-state index in [2.05, 4.69) is 6.58 Å². The second kappa shape index (κ2) is 3.25. The third-order valence-electron chi connectivity index (χ3n) is 0.937. The summed E-state index contributed by atoms with van der Waals surface area (Å²) in [4.78, 5) is 9.91. The Labute approximate surface area is 53.6 Å². The number of carboxylic acid groups (broad SMARTS) is 1. The smallest absolute Gasteiger partial charge is 0.306 e. The summed E-state index contributed by atoms with van der Waals surface area (Å²) in [6, 6.07) is 0. The molecule has 0 saturated carbocycles. The molecule has 0 spiro atoms. The summed E-state index contributed by atoms with van der Waals surface area (Å²) in [7, 11) is 0. The van der Waals surface area contributed by atoms with Gasteiger partial charge in [0.2, 0.25) is 0 Å². The first-order valence-electron chi connectivity index (χ1n) is 2.59. The van der Waals surface area contributed by atoms with Gasteiger partial charge in [-0.25, -0.2) is 0 Å². The fraction of sp³-hybridized carbons (Fsp3) is 0.500. The molecule has 9 heavy (non-hydrogen) atoms. The molecular weight excluding hydrogens is 120 g/mol. The summed E-state index contributed by atoms with van der Waals surface area (Å²) in [6.07, 6.45) is -1.16. The van der Waals surface area contributed by atoms with E-state index in [0.717, 1.165) is 0 Å². The number of hydrogen-bond acceptors (Lipinski definition) is 2. The average Bonchev–Trinajstić information content (AvgIpc) is 1.63. The molecule has 0 fully saturated rings. The van der Waals surface area contributed by atoms with Crippen molar-refractivity contribution in [2.45, 2.75) is 19.4 Å². The standard InChI is InChI=1S/C6H10O3/c1-4(2)5(7)3-6(8)9/h5,7H,1,3H2,2H3,(H,8,9). The maximum Gasteiger partial charge on any atom is 0.306 e. The number of hydrogen-bond donors (Lipinski definition) is 2. The Bertz CT molecular complexity index is 128. The molecule has 1 unspecified atom stereocenters. The van der Waals surface area contributed by atoms with Crippen molar-refractivity contribution in [2.75, 3.05) is 0 Å². The number of carbonyl (C=O) groups is 1. The molecule has 0 heterocycles. The average molecular weight is 130 g/mol. The SMILES string of the molecule is C=C(C)C(O)CC(=O)O. The van der Waals surface area contributed by atoms with Gasteiger partial charge >= 0.3 is 5.97 Å². The van der Waals surface area contributed by atoms with Crippen LogP contribution in [0, 0.1) is 0 Å². The minimum atomic E-state index is -1.01. The molecule has 0 amide bonds. The molecule has 0 aliphatic rings. The van der Waals surface area contributed by atoms with E-state index in [1.807, 2.05) is 0 Å². The molecule has 0 radical (unpaired) electrons. The van der Waals surface area contributed by atoms with Gasteiger partial charge in [0, 0.05) is 0 Å². The maximum absolute atomic E-state index is 9.91. The first kappa shape index (κ1) is 8.17. The third kappa shape index (κ3) is 3.73. The van der Waals surface area contributed by atoms with E-state index >= 15 is 0 Å². The molecule has 0 aromatic heterocycles. The molecule has 0 saturated heterocycles. The van der Waals surface area contributed by atoms with E-state index in [4.69, 9.17) is 10.2 Å². The number of aliphatic hydroxyl groups excluding tert-OH is 1.